The quantitative estimate of drug-likeness (QED) is 0.633. The Labute approximate surface area is 170 Å². The molecule has 4 amide bonds. The van der Waals surface area contributed by atoms with Crippen molar-refractivity contribution in [2.75, 3.05) is 13.6 Å². The summed E-state index contributed by atoms with van der Waals surface area (Å²) in [5.74, 6) is -0.901. The van der Waals surface area contributed by atoms with Gasteiger partial charge in [-0.15, -0.1) is 0 Å². The fraction of sp³-hybridized carbons (Fsp3) is 0.318. The smallest absolute Gasteiger partial charge is 0.326 e. The minimum Gasteiger partial charge on any atom is -0.326 e. The van der Waals surface area contributed by atoms with E-state index in [1.807, 2.05) is 33.0 Å². The van der Waals surface area contributed by atoms with Crippen LogP contribution in [0, 0.1) is 13.8 Å². The van der Waals surface area contributed by atoms with Crippen molar-refractivity contribution in [2.45, 2.75) is 32.9 Å². The maximum absolute atomic E-state index is 12.8. The number of carbonyl (C=O) groups excluding carboxylic acids is 3. The zero-order valence-corrected chi connectivity index (χ0v) is 17.2. The fourth-order valence-corrected chi connectivity index (χ4v) is 3.58. The molecule has 3 N–H and O–H groups in total. The third-order valence-corrected chi connectivity index (χ3v) is 5.23. The first kappa shape index (κ1) is 20.5. The molecular weight excluding hydrogens is 368 g/mol. The number of likely N-dealkylation sites (N-methyl/N-ethyl adjacent to an activating group) is 1. The number of hydrazine groups is 1. The summed E-state index contributed by atoms with van der Waals surface area (Å²) >= 11 is 0. The molecule has 0 aromatic heterocycles. The van der Waals surface area contributed by atoms with Crippen LogP contribution in [0.25, 0.3) is 0 Å². The van der Waals surface area contributed by atoms with Crippen LogP contribution in [0.3, 0.4) is 0 Å². The van der Waals surface area contributed by atoms with Gasteiger partial charge in [0, 0.05) is 5.56 Å². The number of carbonyl (C=O) groups is 3. The van der Waals surface area contributed by atoms with Crippen LogP contribution in [0.4, 0.5) is 4.79 Å². The van der Waals surface area contributed by atoms with Crippen LogP contribution in [-0.4, -0.2) is 36.4 Å². The van der Waals surface area contributed by atoms with E-state index in [4.69, 9.17) is 0 Å². The van der Waals surface area contributed by atoms with Gasteiger partial charge in [-0.2, -0.15) is 5.01 Å². The average Bonchev–Trinajstić information content (AvgIpc) is 2.89. The van der Waals surface area contributed by atoms with Crippen LogP contribution < -0.4 is 15.6 Å². The summed E-state index contributed by atoms with van der Waals surface area (Å²) < 4.78 is 0. The highest BCUT2D eigenvalue weighted by Gasteiger charge is 2.50. The summed E-state index contributed by atoms with van der Waals surface area (Å²) in [5.41, 5.74) is 5.44. The van der Waals surface area contributed by atoms with Gasteiger partial charge in [-0.1, -0.05) is 54.1 Å². The molecule has 1 saturated heterocycles. The number of aryl methyl sites for hydroxylation is 2. The second-order valence-electron chi connectivity index (χ2n) is 7.84. The lowest BCUT2D eigenvalue weighted by molar-refractivity contribution is -0.885. The van der Waals surface area contributed by atoms with Crippen molar-refractivity contribution in [1.82, 2.24) is 15.8 Å². The highest BCUT2D eigenvalue weighted by molar-refractivity contribution is 6.08. The molecule has 1 unspecified atom stereocenters. The van der Waals surface area contributed by atoms with Crippen molar-refractivity contribution in [3.63, 3.8) is 0 Å². The summed E-state index contributed by atoms with van der Waals surface area (Å²) in [5, 5.41) is 3.45. The number of nitrogens with zero attached hydrogens (tertiary/aromatic N) is 1. The standard InChI is InChI=1S/C22H26N4O3/c1-15-10-11-17(16(2)12-15)13-25(4)14-19(27)24-26-20(28)22(3,23-21(26)29)18-8-6-5-7-9-18/h5-12H,13-14H2,1-4H3,(H,23,29)(H,24,27)/p+1/t22-/m1/s1. The summed E-state index contributed by atoms with van der Waals surface area (Å²) in [7, 11) is 1.90. The molecule has 1 heterocycles. The van der Waals surface area contributed by atoms with Gasteiger partial charge in [0.05, 0.1) is 7.05 Å². The number of imide groups is 1. The van der Waals surface area contributed by atoms with Gasteiger partial charge in [-0.05, 0) is 31.9 Å². The Morgan fingerprint density at radius 2 is 1.83 bits per heavy atom. The molecule has 29 heavy (non-hydrogen) atoms. The molecule has 3 rings (SSSR count). The molecule has 7 heteroatoms. The lowest BCUT2D eigenvalue weighted by atomic mass is 9.92. The molecule has 7 nitrogen and oxygen atoms in total. The van der Waals surface area contributed by atoms with Crippen molar-refractivity contribution in [3.8, 4) is 0 Å². The molecule has 0 aliphatic carbocycles. The molecular formula is C22H27N4O3+. The predicted molar refractivity (Wildman–Crippen MR) is 109 cm³/mol. The minimum atomic E-state index is -1.20. The molecule has 1 aliphatic rings. The van der Waals surface area contributed by atoms with Crippen LogP contribution in [-0.2, 0) is 21.7 Å². The van der Waals surface area contributed by atoms with Gasteiger partial charge >= 0.3 is 6.03 Å². The number of hydrogen-bond acceptors (Lipinski definition) is 3. The second kappa shape index (κ2) is 8.05. The maximum atomic E-state index is 12.8. The summed E-state index contributed by atoms with van der Waals surface area (Å²) in [6.07, 6.45) is 0. The lowest BCUT2D eigenvalue weighted by Gasteiger charge is -2.22. The Kier molecular flexibility index (Phi) is 5.70. The number of benzene rings is 2. The molecule has 0 radical (unpaired) electrons. The zero-order chi connectivity index (χ0) is 21.2. The third-order valence-electron chi connectivity index (χ3n) is 5.23. The van der Waals surface area contributed by atoms with E-state index in [9.17, 15) is 14.4 Å². The van der Waals surface area contributed by atoms with E-state index >= 15 is 0 Å². The van der Waals surface area contributed by atoms with Gasteiger partial charge in [0.2, 0.25) is 0 Å². The Hall–Kier alpha value is -3.19. The van der Waals surface area contributed by atoms with Gasteiger partial charge in [0.1, 0.15) is 12.1 Å². The molecule has 1 aliphatic heterocycles. The van der Waals surface area contributed by atoms with Crippen LogP contribution in [0.5, 0.6) is 0 Å². The SMILES string of the molecule is Cc1ccc(C[NH+](C)CC(=O)NN2C(=O)N[C@](C)(c3ccccc3)C2=O)c(C)c1. The van der Waals surface area contributed by atoms with E-state index in [2.05, 4.69) is 22.9 Å². The van der Waals surface area contributed by atoms with E-state index < -0.39 is 23.4 Å². The zero-order valence-electron chi connectivity index (χ0n) is 17.2. The number of amides is 4. The maximum Gasteiger partial charge on any atom is 0.344 e. The molecule has 2 aromatic rings. The Balaban J connectivity index is 1.63. The van der Waals surface area contributed by atoms with Gasteiger partial charge in [-0.3, -0.25) is 15.0 Å². The monoisotopic (exact) mass is 395 g/mol. The van der Waals surface area contributed by atoms with Crippen molar-refractivity contribution < 1.29 is 19.3 Å². The Bertz CT molecular complexity index is 944. The van der Waals surface area contributed by atoms with Crippen molar-refractivity contribution in [3.05, 3.63) is 70.8 Å². The average molecular weight is 395 g/mol. The van der Waals surface area contributed by atoms with Crippen LogP contribution in [0.2, 0.25) is 0 Å². The van der Waals surface area contributed by atoms with E-state index in [1.165, 1.54) is 11.1 Å². The number of rotatable bonds is 6. The van der Waals surface area contributed by atoms with E-state index in [0.29, 0.717) is 12.1 Å². The fourth-order valence-electron chi connectivity index (χ4n) is 3.58. The van der Waals surface area contributed by atoms with Gasteiger partial charge in [0.15, 0.2) is 6.54 Å². The normalized spacial score (nSPS) is 19.8. The third kappa shape index (κ3) is 4.30. The van der Waals surface area contributed by atoms with Crippen LogP contribution in [0.1, 0.15) is 29.2 Å². The predicted octanol–water partition coefficient (Wildman–Crippen LogP) is 0.817. The Morgan fingerprint density at radius 3 is 2.48 bits per heavy atom. The van der Waals surface area contributed by atoms with E-state index in [0.717, 1.165) is 15.5 Å². The summed E-state index contributed by atoms with van der Waals surface area (Å²) in [4.78, 5) is 38.6. The molecule has 1 fully saturated rings. The number of quaternary nitrogens is 1. The topological polar surface area (TPSA) is 82.9 Å². The van der Waals surface area contributed by atoms with Crippen molar-refractivity contribution in [1.29, 1.82) is 0 Å². The largest absolute Gasteiger partial charge is 0.344 e. The van der Waals surface area contributed by atoms with Gasteiger partial charge < -0.3 is 10.2 Å². The molecule has 0 saturated carbocycles. The lowest BCUT2D eigenvalue weighted by Crippen LogP contribution is -3.09. The molecule has 152 valence electrons. The molecule has 2 atom stereocenters. The van der Waals surface area contributed by atoms with Crippen LogP contribution in [0.15, 0.2) is 48.5 Å². The van der Waals surface area contributed by atoms with E-state index in [-0.39, 0.29) is 6.54 Å². The first-order chi connectivity index (χ1) is 13.7. The van der Waals surface area contributed by atoms with Crippen molar-refractivity contribution in [2.24, 2.45) is 0 Å². The highest BCUT2D eigenvalue weighted by atomic mass is 16.2. The first-order valence-electron chi connectivity index (χ1n) is 9.60. The molecule has 2 aromatic carbocycles. The number of nitrogens with one attached hydrogen (secondary N) is 3. The molecule has 0 spiro atoms. The number of urea groups is 1. The Morgan fingerprint density at radius 1 is 1.14 bits per heavy atom. The minimum absolute atomic E-state index is 0.131. The van der Waals surface area contributed by atoms with Gasteiger partial charge in [0.25, 0.3) is 11.8 Å². The van der Waals surface area contributed by atoms with Crippen LogP contribution >= 0.6 is 0 Å². The second-order valence-corrected chi connectivity index (χ2v) is 7.84. The number of hydrogen-bond donors (Lipinski definition) is 3. The first-order valence-corrected chi connectivity index (χ1v) is 9.60. The summed E-state index contributed by atoms with van der Waals surface area (Å²) in [6, 6.07) is 14.6. The highest BCUT2D eigenvalue weighted by Crippen LogP contribution is 2.27. The van der Waals surface area contributed by atoms with E-state index in [1.54, 1.807) is 31.2 Å². The van der Waals surface area contributed by atoms with Crippen molar-refractivity contribution >= 4 is 17.8 Å². The van der Waals surface area contributed by atoms with Gasteiger partial charge in [-0.25, -0.2) is 4.79 Å². The molecule has 0 bridgehead atoms. The summed E-state index contributed by atoms with van der Waals surface area (Å²) in [6.45, 7) is 6.52.